The van der Waals surface area contributed by atoms with E-state index >= 15 is 0 Å². The van der Waals surface area contributed by atoms with Crippen LogP contribution in [0.1, 0.15) is 6.92 Å². The summed E-state index contributed by atoms with van der Waals surface area (Å²) >= 11 is 0. The maximum absolute atomic E-state index is 10.6. The zero-order valence-electron chi connectivity index (χ0n) is 6.98. The number of pyridine rings is 1. The van der Waals surface area contributed by atoms with Crippen molar-refractivity contribution in [3.63, 3.8) is 0 Å². The van der Waals surface area contributed by atoms with Crippen LogP contribution < -0.4 is 4.74 Å². The minimum Gasteiger partial charge on any atom is -0.446 e. The minimum atomic E-state index is -0.390. The second-order valence-electron chi connectivity index (χ2n) is 2.56. The van der Waals surface area contributed by atoms with Crippen molar-refractivity contribution < 1.29 is 13.9 Å². The van der Waals surface area contributed by atoms with Gasteiger partial charge in [-0.1, -0.05) is 0 Å². The molecular formula is C9H7NO3. The number of hydrogen-bond donors (Lipinski definition) is 0. The molecule has 0 bridgehead atoms. The summed E-state index contributed by atoms with van der Waals surface area (Å²) in [5, 5.41) is 0.885. The number of nitrogens with zero attached hydrogens (tertiary/aromatic N) is 1. The van der Waals surface area contributed by atoms with Gasteiger partial charge in [0.2, 0.25) is 11.6 Å². The third kappa shape index (κ3) is 1.51. The van der Waals surface area contributed by atoms with Crippen LogP contribution in [0.25, 0.3) is 11.1 Å². The van der Waals surface area contributed by atoms with E-state index in [4.69, 9.17) is 9.15 Å². The SMILES string of the molecule is CC(=O)Oc1ccc2ccoc2n1. The van der Waals surface area contributed by atoms with E-state index in [1.165, 1.54) is 13.2 Å². The maximum Gasteiger partial charge on any atom is 0.309 e. The third-order valence-corrected chi connectivity index (χ3v) is 1.54. The molecule has 0 aliphatic carbocycles. The summed E-state index contributed by atoms with van der Waals surface area (Å²) in [5.74, 6) is -0.131. The average molecular weight is 177 g/mol. The predicted octanol–water partition coefficient (Wildman–Crippen LogP) is 1.75. The number of furan rings is 1. The monoisotopic (exact) mass is 177 g/mol. The van der Waals surface area contributed by atoms with Crippen LogP contribution in [-0.4, -0.2) is 11.0 Å². The summed E-state index contributed by atoms with van der Waals surface area (Å²) in [6.45, 7) is 1.33. The highest BCUT2D eigenvalue weighted by Gasteiger charge is 2.02. The molecule has 0 aromatic carbocycles. The Morgan fingerprint density at radius 1 is 1.46 bits per heavy atom. The lowest BCUT2D eigenvalue weighted by Crippen LogP contribution is -2.02. The Morgan fingerprint density at radius 2 is 2.31 bits per heavy atom. The number of ether oxygens (including phenoxy) is 1. The highest BCUT2D eigenvalue weighted by Crippen LogP contribution is 2.16. The van der Waals surface area contributed by atoms with Gasteiger partial charge in [0.25, 0.3) is 0 Å². The molecule has 2 aromatic rings. The number of hydrogen-bond acceptors (Lipinski definition) is 4. The van der Waals surface area contributed by atoms with Gasteiger partial charge in [-0.2, -0.15) is 4.98 Å². The van der Waals surface area contributed by atoms with E-state index in [0.717, 1.165) is 5.39 Å². The lowest BCUT2D eigenvalue weighted by Gasteiger charge is -1.97. The number of rotatable bonds is 1. The van der Waals surface area contributed by atoms with Crippen LogP contribution in [0.4, 0.5) is 0 Å². The van der Waals surface area contributed by atoms with Gasteiger partial charge in [0.15, 0.2) is 0 Å². The van der Waals surface area contributed by atoms with Crippen molar-refractivity contribution in [3.05, 3.63) is 24.5 Å². The zero-order valence-corrected chi connectivity index (χ0v) is 6.98. The van der Waals surface area contributed by atoms with Crippen molar-refractivity contribution in [2.45, 2.75) is 6.92 Å². The lowest BCUT2D eigenvalue weighted by atomic mass is 10.3. The van der Waals surface area contributed by atoms with Crippen LogP contribution >= 0.6 is 0 Å². The molecule has 0 saturated carbocycles. The van der Waals surface area contributed by atoms with Gasteiger partial charge in [-0.3, -0.25) is 4.79 Å². The number of fused-ring (bicyclic) bond motifs is 1. The molecule has 4 heteroatoms. The van der Waals surface area contributed by atoms with Crippen LogP contribution in [0.2, 0.25) is 0 Å². The number of carbonyl (C=O) groups excluding carboxylic acids is 1. The van der Waals surface area contributed by atoms with Gasteiger partial charge in [-0.05, 0) is 12.1 Å². The van der Waals surface area contributed by atoms with Gasteiger partial charge in [-0.15, -0.1) is 0 Å². The van der Waals surface area contributed by atoms with Crippen molar-refractivity contribution in [3.8, 4) is 5.88 Å². The molecule has 0 amide bonds. The number of carbonyl (C=O) groups is 1. The van der Waals surface area contributed by atoms with Gasteiger partial charge < -0.3 is 9.15 Å². The van der Waals surface area contributed by atoms with Crippen molar-refractivity contribution >= 4 is 17.1 Å². The fourth-order valence-corrected chi connectivity index (χ4v) is 1.03. The number of esters is 1. The molecule has 66 valence electrons. The molecule has 0 N–H and O–H groups in total. The normalized spacial score (nSPS) is 10.2. The third-order valence-electron chi connectivity index (χ3n) is 1.54. The van der Waals surface area contributed by atoms with Gasteiger partial charge in [-0.25, -0.2) is 0 Å². The van der Waals surface area contributed by atoms with Crippen molar-refractivity contribution in [2.24, 2.45) is 0 Å². The topological polar surface area (TPSA) is 52.3 Å². The first-order valence-corrected chi connectivity index (χ1v) is 3.78. The van der Waals surface area contributed by atoms with Gasteiger partial charge in [0, 0.05) is 18.4 Å². The Balaban J connectivity index is 2.42. The first-order chi connectivity index (χ1) is 6.25. The van der Waals surface area contributed by atoms with E-state index in [0.29, 0.717) is 5.71 Å². The molecule has 0 radical (unpaired) electrons. The smallest absolute Gasteiger partial charge is 0.309 e. The Labute approximate surface area is 74.1 Å². The Morgan fingerprint density at radius 3 is 3.08 bits per heavy atom. The summed E-state index contributed by atoms with van der Waals surface area (Å²) in [4.78, 5) is 14.6. The molecule has 0 aliphatic rings. The summed E-state index contributed by atoms with van der Waals surface area (Å²) < 4.78 is 9.82. The molecule has 0 unspecified atom stereocenters. The van der Waals surface area contributed by atoms with Crippen molar-refractivity contribution in [1.82, 2.24) is 4.98 Å². The summed E-state index contributed by atoms with van der Waals surface area (Å²) in [6, 6.07) is 5.20. The first kappa shape index (κ1) is 7.79. The van der Waals surface area contributed by atoms with Crippen LogP contribution in [0.5, 0.6) is 5.88 Å². The van der Waals surface area contributed by atoms with E-state index in [1.54, 1.807) is 18.2 Å². The van der Waals surface area contributed by atoms with Crippen LogP contribution in [0.3, 0.4) is 0 Å². The Kier molecular flexibility index (Phi) is 1.73. The van der Waals surface area contributed by atoms with Crippen LogP contribution in [0.15, 0.2) is 28.9 Å². The molecular weight excluding hydrogens is 170 g/mol. The van der Waals surface area contributed by atoms with E-state index in [2.05, 4.69) is 4.98 Å². The Bertz CT molecular complexity index is 447. The molecule has 0 aliphatic heterocycles. The lowest BCUT2D eigenvalue weighted by molar-refractivity contribution is -0.132. The molecule has 2 rings (SSSR count). The predicted molar refractivity (Wildman–Crippen MR) is 45.3 cm³/mol. The molecule has 0 atom stereocenters. The second-order valence-corrected chi connectivity index (χ2v) is 2.56. The molecule has 2 aromatic heterocycles. The second kappa shape index (κ2) is 2.90. The average Bonchev–Trinajstić information content (AvgIpc) is 2.49. The fourth-order valence-electron chi connectivity index (χ4n) is 1.03. The van der Waals surface area contributed by atoms with E-state index in [9.17, 15) is 4.79 Å². The maximum atomic E-state index is 10.6. The van der Waals surface area contributed by atoms with Crippen molar-refractivity contribution in [2.75, 3.05) is 0 Å². The standard InChI is InChI=1S/C9H7NO3/c1-6(11)13-8-3-2-7-4-5-12-9(7)10-8/h2-5H,1H3. The van der Waals surface area contributed by atoms with Gasteiger partial charge in [0.1, 0.15) is 0 Å². The molecule has 2 heterocycles. The molecule has 0 saturated heterocycles. The van der Waals surface area contributed by atoms with Gasteiger partial charge in [0.05, 0.1) is 6.26 Å². The highest BCUT2D eigenvalue weighted by atomic mass is 16.5. The molecule has 13 heavy (non-hydrogen) atoms. The van der Waals surface area contributed by atoms with Crippen LogP contribution in [0, 0.1) is 0 Å². The summed E-state index contributed by atoms with van der Waals surface area (Å²) in [5.41, 5.74) is 0.471. The largest absolute Gasteiger partial charge is 0.446 e. The van der Waals surface area contributed by atoms with Crippen molar-refractivity contribution in [1.29, 1.82) is 0 Å². The first-order valence-electron chi connectivity index (χ1n) is 3.78. The summed E-state index contributed by atoms with van der Waals surface area (Å²) in [7, 11) is 0. The molecule has 0 fully saturated rings. The summed E-state index contributed by atoms with van der Waals surface area (Å²) in [6.07, 6.45) is 1.54. The van der Waals surface area contributed by atoms with E-state index in [1.807, 2.05) is 0 Å². The van der Waals surface area contributed by atoms with Crippen LogP contribution in [-0.2, 0) is 4.79 Å². The van der Waals surface area contributed by atoms with E-state index < -0.39 is 5.97 Å². The molecule has 4 nitrogen and oxygen atoms in total. The minimum absolute atomic E-state index is 0.259. The quantitative estimate of drug-likeness (QED) is 0.622. The zero-order chi connectivity index (χ0) is 9.26. The highest BCUT2D eigenvalue weighted by molar-refractivity contribution is 5.75. The molecule has 0 spiro atoms. The fraction of sp³-hybridized carbons (Fsp3) is 0.111. The number of aromatic nitrogens is 1. The Hall–Kier alpha value is -1.84. The van der Waals surface area contributed by atoms with E-state index in [-0.39, 0.29) is 5.88 Å². The van der Waals surface area contributed by atoms with Gasteiger partial charge >= 0.3 is 5.97 Å².